The van der Waals surface area contributed by atoms with E-state index in [-0.39, 0.29) is 16.3 Å². The Balaban J connectivity index is 1.83. The Kier molecular flexibility index (Phi) is 7.13. The number of carbonyl (C=O) groups excluding carboxylic acids is 1. The first-order chi connectivity index (χ1) is 13.5. The van der Waals surface area contributed by atoms with Crippen molar-refractivity contribution in [2.24, 2.45) is 0 Å². The topological polar surface area (TPSA) is 48.0 Å². The second-order valence-corrected chi connectivity index (χ2v) is 7.24. The van der Waals surface area contributed by atoms with Gasteiger partial charge in [-0.2, -0.15) is 0 Å². The molecular weight excluding hydrogens is 421 g/mol. The number of esters is 1. The van der Waals surface area contributed by atoms with E-state index < -0.39 is 5.97 Å². The van der Waals surface area contributed by atoms with Crippen LogP contribution in [-0.2, 0) is 4.74 Å². The third-order valence-corrected chi connectivity index (χ3v) is 5.20. The highest BCUT2D eigenvalue weighted by molar-refractivity contribution is 7.80. The van der Waals surface area contributed by atoms with Crippen molar-refractivity contribution in [1.82, 2.24) is 4.90 Å². The zero-order valence-electron chi connectivity index (χ0n) is 15.2. The summed E-state index contributed by atoms with van der Waals surface area (Å²) in [7, 11) is 0. The number of hydrogen-bond acceptors (Lipinski definition) is 5. The molecule has 1 aliphatic heterocycles. The van der Waals surface area contributed by atoms with E-state index >= 15 is 0 Å². The van der Waals surface area contributed by atoms with Gasteiger partial charge >= 0.3 is 5.97 Å². The van der Waals surface area contributed by atoms with Gasteiger partial charge in [-0.3, -0.25) is 0 Å². The van der Waals surface area contributed by atoms with Crippen LogP contribution in [0.1, 0.15) is 22.8 Å². The number of nitrogens with zero attached hydrogens (tertiary/aromatic N) is 1. The van der Waals surface area contributed by atoms with Crippen molar-refractivity contribution in [3.05, 3.63) is 57.6 Å². The summed E-state index contributed by atoms with van der Waals surface area (Å²) in [4.78, 5) is 15.3. The predicted octanol–water partition coefficient (Wildman–Crippen LogP) is 4.62. The van der Waals surface area contributed by atoms with Gasteiger partial charge in [0.1, 0.15) is 4.99 Å². The number of hydrogen-bond donors (Lipinski definition) is 0. The highest BCUT2D eigenvalue weighted by Gasteiger charge is 2.20. The molecule has 2 aromatic carbocycles. The molecule has 5 nitrogen and oxygen atoms in total. The fraction of sp³-hybridized carbons (Fsp3) is 0.300. The molecule has 0 atom stereocenters. The molecular formula is C20H19Cl2NO4S. The molecule has 28 heavy (non-hydrogen) atoms. The standard InChI is InChI=1S/C20H19Cl2NO4S/c1-2-26-18-11-13(19(28)23-7-9-25-10-8-23)3-6-17(18)27-20(24)15-12-14(21)4-5-16(15)22/h3-6,11-12H,2,7-10H2,1H3. The molecule has 8 heteroatoms. The monoisotopic (exact) mass is 439 g/mol. The number of thiocarbonyl (C=S) groups is 1. The molecule has 0 unspecified atom stereocenters. The molecule has 3 rings (SSSR count). The largest absolute Gasteiger partial charge is 0.490 e. The lowest BCUT2D eigenvalue weighted by molar-refractivity contribution is 0.0692. The van der Waals surface area contributed by atoms with Gasteiger partial charge in [0.05, 0.1) is 30.4 Å². The molecule has 0 spiro atoms. The number of halogens is 2. The molecule has 0 N–H and O–H groups in total. The first-order valence-corrected chi connectivity index (χ1v) is 9.97. The summed E-state index contributed by atoms with van der Waals surface area (Å²) in [6.45, 7) is 5.05. The molecule has 148 valence electrons. The van der Waals surface area contributed by atoms with Gasteiger partial charge in [-0.05, 0) is 43.3 Å². The average Bonchev–Trinajstić information content (AvgIpc) is 2.71. The van der Waals surface area contributed by atoms with E-state index in [1.807, 2.05) is 13.0 Å². The molecule has 0 aromatic heterocycles. The van der Waals surface area contributed by atoms with Crippen LogP contribution in [0.2, 0.25) is 10.0 Å². The lowest BCUT2D eigenvalue weighted by atomic mass is 10.1. The van der Waals surface area contributed by atoms with Crippen LogP contribution in [0.25, 0.3) is 0 Å². The maximum Gasteiger partial charge on any atom is 0.345 e. The summed E-state index contributed by atoms with van der Waals surface area (Å²) in [5.41, 5.74) is 1.01. The quantitative estimate of drug-likeness (QED) is 0.384. The summed E-state index contributed by atoms with van der Waals surface area (Å²) in [5, 5.41) is 0.657. The Morgan fingerprint density at radius 2 is 1.89 bits per heavy atom. The number of morpholine rings is 1. The number of ether oxygens (including phenoxy) is 3. The fourth-order valence-electron chi connectivity index (χ4n) is 2.75. The van der Waals surface area contributed by atoms with Gasteiger partial charge in [-0.1, -0.05) is 35.4 Å². The van der Waals surface area contributed by atoms with E-state index in [0.717, 1.165) is 18.7 Å². The molecule has 0 aliphatic carbocycles. The molecule has 1 heterocycles. The summed E-state index contributed by atoms with van der Waals surface area (Å²) in [5.74, 6) is 0.107. The van der Waals surface area contributed by atoms with Crippen molar-refractivity contribution in [1.29, 1.82) is 0 Å². The Bertz CT molecular complexity index is 885. The van der Waals surface area contributed by atoms with E-state index in [4.69, 9.17) is 49.6 Å². The minimum atomic E-state index is -0.614. The first-order valence-electron chi connectivity index (χ1n) is 8.80. The van der Waals surface area contributed by atoms with E-state index in [2.05, 4.69) is 4.90 Å². The molecule has 0 radical (unpaired) electrons. The lowest BCUT2D eigenvalue weighted by Gasteiger charge is -2.29. The molecule has 0 bridgehead atoms. The summed E-state index contributed by atoms with van der Waals surface area (Å²) < 4.78 is 16.6. The predicted molar refractivity (Wildman–Crippen MR) is 113 cm³/mol. The fourth-order valence-corrected chi connectivity index (χ4v) is 3.43. The van der Waals surface area contributed by atoms with Crippen LogP contribution in [0.5, 0.6) is 11.5 Å². The van der Waals surface area contributed by atoms with Crippen molar-refractivity contribution in [3.8, 4) is 11.5 Å². The smallest absolute Gasteiger partial charge is 0.345 e. The maximum atomic E-state index is 12.5. The second kappa shape index (κ2) is 9.56. The van der Waals surface area contributed by atoms with Gasteiger partial charge in [0.15, 0.2) is 11.5 Å². The maximum absolute atomic E-state index is 12.5. The Labute approximate surface area is 179 Å². The van der Waals surface area contributed by atoms with Crippen LogP contribution in [0.3, 0.4) is 0 Å². The van der Waals surface area contributed by atoms with Crippen LogP contribution in [0, 0.1) is 0 Å². The molecule has 2 aromatic rings. The molecule has 1 fully saturated rings. The highest BCUT2D eigenvalue weighted by Crippen LogP contribution is 2.31. The summed E-state index contributed by atoms with van der Waals surface area (Å²) >= 11 is 17.6. The molecule has 0 amide bonds. The van der Waals surface area contributed by atoms with E-state index in [0.29, 0.717) is 35.6 Å². The average molecular weight is 440 g/mol. The zero-order chi connectivity index (χ0) is 20.1. The van der Waals surface area contributed by atoms with Crippen molar-refractivity contribution >= 4 is 46.4 Å². The Hall–Kier alpha value is -1.86. The van der Waals surface area contributed by atoms with E-state index in [1.165, 1.54) is 6.07 Å². The number of benzene rings is 2. The Morgan fingerprint density at radius 1 is 1.14 bits per heavy atom. The van der Waals surface area contributed by atoms with Crippen LogP contribution >= 0.6 is 35.4 Å². The van der Waals surface area contributed by atoms with E-state index in [9.17, 15) is 4.79 Å². The number of rotatable bonds is 5. The number of carbonyl (C=O) groups is 1. The van der Waals surface area contributed by atoms with Gasteiger partial charge < -0.3 is 19.1 Å². The van der Waals surface area contributed by atoms with Gasteiger partial charge in [0.25, 0.3) is 0 Å². The van der Waals surface area contributed by atoms with Crippen LogP contribution in [0.4, 0.5) is 0 Å². The Morgan fingerprint density at radius 3 is 2.61 bits per heavy atom. The zero-order valence-corrected chi connectivity index (χ0v) is 17.6. The normalized spacial score (nSPS) is 13.9. The van der Waals surface area contributed by atoms with Crippen molar-refractivity contribution in [3.63, 3.8) is 0 Å². The first kappa shape index (κ1) is 20.9. The van der Waals surface area contributed by atoms with Gasteiger partial charge in [-0.25, -0.2) is 4.79 Å². The van der Waals surface area contributed by atoms with Crippen molar-refractivity contribution in [2.75, 3.05) is 32.9 Å². The highest BCUT2D eigenvalue weighted by atomic mass is 35.5. The SMILES string of the molecule is CCOc1cc(C(=S)N2CCOCC2)ccc1OC(=O)c1cc(Cl)ccc1Cl. The van der Waals surface area contributed by atoms with Crippen molar-refractivity contribution < 1.29 is 19.0 Å². The third kappa shape index (κ3) is 4.94. The van der Waals surface area contributed by atoms with Gasteiger partial charge in [0.2, 0.25) is 0 Å². The minimum absolute atomic E-state index is 0.185. The van der Waals surface area contributed by atoms with Crippen LogP contribution in [0.15, 0.2) is 36.4 Å². The lowest BCUT2D eigenvalue weighted by Crippen LogP contribution is -2.40. The van der Waals surface area contributed by atoms with Crippen LogP contribution < -0.4 is 9.47 Å². The molecule has 1 saturated heterocycles. The van der Waals surface area contributed by atoms with Crippen molar-refractivity contribution in [2.45, 2.75) is 6.92 Å². The molecule has 0 saturated carbocycles. The van der Waals surface area contributed by atoms with Gasteiger partial charge in [-0.15, -0.1) is 0 Å². The third-order valence-electron chi connectivity index (χ3n) is 4.14. The molecule has 1 aliphatic rings. The summed E-state index contributed by atoms with van der Waals surface area (Å²) in [6, 6.07) is 9.88. The second-order valence-electron chi connectivity index (χ2n) is 6.01. The van der Waals surface area contributed by atoms with Crippen LogP contribution in [-0.4, -0.2) is 48.8 Å². The summed E-state index contributed by atoms with van der Waals surface area (Å²) in [6.07, 6.45) is 0. The van der Waals surface area contributed by atoms with Gasteiger partial charge in [0, 0.05) is 23.7 Å². The minimum Gasteiger partial charge on any atom is -0.490 e. The van der Waals surface area contributed by atoms with E-state index in [1.54, 1.807) is 24.3 Å².